The van der Waals surface area contributed by atoms with Crippen LogP contribution >= 0.6 is 0 Å². The van der Waals surface area contributed by atoms with Gasteiger partial charge in [-0.3, -0.25) is 4.79 Å². The fourth-order valence-electron chi connectivity index (χ4n) is 3.39. The van der Waals surface area contributed by atoms with Crippen molar-refractivity contribution in [1.29, 1.82) is 0 Å². The molecule has 0 unspecified atom stereocenters. The van der Waals surface area contributed by atoms with Crippen molar-refractivity contribution < 1.29 is 31.9 Å². The maximum absolute atomic E-state index is 14.3. The van der Waals surface area contributed by atoms with Gasteiger partial charge in [-0.2, -0.15) is 13.2 Å². The van der Waals surface area contributed by atoms with Crippen LogP contribution in [0, 0.1) is 5.82 Å². The molecule has 1 heterocycles. The van der Waals surface area contributed by atoms with E-state index in [1.54, 1.807) is 19.9 Å². The monoisotopic (exact) mass is 395 g/mol. The lowest BCUT2D eigenvalue weighted by Crippen LogP contribution is -2.36. The van der Waals surface area contributed by atoms with Gasteiger partial charge in [-0.25, -0.2) is 9.18 Å². The normalized spacial score (nSPS) is 15.5. The molecule has 0 bridgehead atoms. The largest absolute Gasteiger partial charge is 0.465 e. The molecule has 2 aromatic carbocycles. The van der Waals surface area contributed by atoms with E-state index < -0.39 is 47.0 Å². The zero-order valence-corrected chi connectivity index (χ0v) is 15.4. The maximum atomic E-state index is 14.3. The van der Waals surface area contributed by atoms with E-state index in [1.807, 2.05) is 0 Å². The SMILES string of the molecule is COC(=O)c1ccc2c(c1)N(Cc1c(F)cccc1C(F)(F)F)C(=O)C2(C)C. The number of methoxy groups -OCH3 is 1. The Hall–Kier alpha value is -2.90. The minimum Gasteiger partial charge on any atom is -0.465 e. The van der Waals surface area contributed by atoms with Crippen LogP contribution in [0.1, 0.15) is 40.9 Å². The standard InChI is InChI=1S/C20H17F4NO3/c1-19(2)14-8-7-11(17(26)28-3)9-16(14)25(18(19)27)10-12-13(20(22,23)24)5-4-6-15(12)21/h4-9H,10H2,1-3H3. The number of benzene rings is 2. The Morgan fingerprint density at radius 2 is 1.86 bits per heavy atom. The molecule has 1 aliphatic rings. The van der Waals surface area contributed by atoms with E-state index in [0.717, 1.165) is 23.1 Å². The number of carbonyl (C=O) groups excluding carboxylic acids is 2. The molecule has 8 heteroatoms. The molecule has 0 spiro atoms. The second-order valence-electron chi connectivity index (χ2n) is 7.00. The summed E-state index contributed by atoms with van der Waals surface area (Å²) in [5.74, 6) is -2.19. The Morgan fingerprint density at radius 3 is 2.46 bits per heavy atom. The highest BCUT2D eigenvalue weighted by atomic mass is 19.4. The van der Waals surface area contributed by atoms with Gasteiger partial charge in [-0.1, -0.05) is 12.1 Å². The molecule has 0 aliphatic carbocycles. The molecule has 28 heavy (non-hydrogen) atoms. The molecule has 0 atom stereocenters. The zero-order valence-electron chi connectivity index (χ0n) is 15.4. The fourth-order valence-corrected chi connectivity index (χ4v) is 3.39. The summed E-state index contributed by atoms with van der Waals surface area (Å²) in [7, 11) is 1.19. The molecular weight excluding hydrogens is 378 g/mol. The molecule has 4 nitrogen and oxygen atoms in total. The predicted octanol–water partition coefficient (Wildman–Crippen LogP) is 4.46. The van der Waals surface area contributed by atoms with Crippen LogP contribution < -0.4 is 4.90 Å². The van der Waals surface area contributed by atoms with Crippen molar-refractivity contribution in [2.24, 2.45) is 0 Å². The van der Waals surface area contributed by atoms with Gasteiger partial charge in [-0.15, -0.1) is 0 Å². The van der Waals surface area contributed by atoms with Crippen LogP contribution in [-0.2, 0) is 27.7 Å². The van der Waals surface area contributed by atoms with E-state index in [4.69, 9.17) is 0 Å². The average molecular weight is 395 g/mol. The summed E-state index contributed by atoms with van der Waals surface area (Å²) in [6, 6.07) is 7.08. The number of anilines is 1. The fraction of sp³-hybridized carbons (Fsp3) is 0.300. The lowest BCUT2D eigenvalue weighted by Gasteiger charge is -2.23. The molecule has 0 radical (unpaired) electrons. The lowest BCUT2D eigenvalue weighted by molar-refractivity contribution is -0.138. The molecule has 148 valence electrons. The van der Waals surface area contributed by atoms with Crippen LogP contribution in [0.15, 0.2) is 36.4 Å². The third-order valence-corrected chi connectivity index (χ3v) is 4.90. The highest BCUT2D eigenvalue weighted by molar-refractivity contribution is 6.08. The summed E-state index contributed by atoms with van der Waals surface area (Å²) in [6.07, 6.45) is -4.77. The van der Waals surface area contributed by atoms with Crippen molar-refractivity contribution >= 4 is 17.6 Å². The molecule has 0 N–H and O–H groups in total. The summed E-state index contributed by atoms with van der Waals surface area (Å²) in [6.45, 7) is 2.64. The van der Waals surface area contributed by atoms with Crippen LogP contribution in [0.4, 0.5) is 23.2 Å². The molecule has 1 amide bonds. The number of ether oxygens (including phenoxy) is 1. The van der Waals surface area contributed by atoms with Crippen molar-refractivity contribution in [2.75, 3.05) is 12.0 Å². The van der Waals surface area contributed by atoms with Crippen LogP contribution in [-0.4, -0.2) is 19.0 Å². The van der Waals surface area contributed by atoms with E-state index in [2.05, 4.69) is 4.74 Å². The number of alkyl halides is 3. The third kappa shape index (κ3) is 3.12. The average Bonchev–Trinajstić information content (AvgIpc) is 2.82. The van der Waals surface area contributed by atoms with Crippen molar-refractivity contribution in [2.45, 2.75) is 32.0 Å². The molecule has 2 aromatic rings. The number of halogens is 4. The van der Waals surface area contributed by atoms with E-state index >= 15 is 0 Å². The summed E-state index contributed by atoms with van der Waals surface area (Å²) in [5, 5.41) is 0. The number of hydrogen-bond acceptors (Lipinski definition) is 3. The Kier molecular flexibility index (Phi) is 4.69. The summed E-state index contributed by atoms with van der Waals surface area (Å²) in [5.41, 5.74) is -1.87. The summed E-state index contributed by atoms with van der Waals surface area (Å²) >= 11 is 0. The van der Waals surface area contributed by atoms with Gasteiger partial charge < -0.3 is 9.64 Å². The number of carbonyl (C=O) groups is 2. The number of amides is 1. The number of nitrogens with zero attached hydrogens (tertiary/aromatic N) is 1. The molecule has 0 saturated carbocycles. The Morgan fingerprint density at radius 1 is 1.18 bits per heavy atom. The lowest BCUT2D eigenvalue weighted by atomic mass is 9.86. The van der Waals surface area contributed by atoms with Crippen LogP contribution in [0.2, 0.25) is 0 Å². The van der Waals surface area contributed by atoms with Crippen LogP contribution in [0.3, 0.4) is 0 Å². The predicted molar refractivity (Wildman–Crippen MR) is 93.4 cm³/mol. The van der Waals surface area contributed by atoms with Gasteiger partial charge in [0.15, 0.2) is 0 Å². The van der Waals surface area contributed by atoms with E-state index in [-0.39, 0.29) is 11.3 Å². The zero-order chi connectivity index (χ0) is 20.9. The minimum atomic E-state index is -4.77. The first-order chi connectivity index (χ1) is 13.0. The number of fused-ring (bicyclic) bond motifs is 1. The smallest absolute Gasteiger partial charge is 0.416 e. The topological polar surface area (TPSA) is 46.6 Å². The van der Waals surface area contributed by atoms with Crippen molar-refractivity contribution in [1.82, 2.24) is 0 Å². The van der Waals surface area contributed by atoms with Crippen molar-refractivity contribution in [3.05, 3.63) is 64.5 Å². The van der Waals surface area contributed by atoms with Crippen LogP contribution in [0.5, 0.6) is 0 Å². The number of hydrogen-bond donors (Lipinski definition) is 0. The molecule has 3 rings (SSSR count). The van der Waals surface area contributed by atoms with Crippen LogP contribution in [0.25, 0.3) is 0 Å². The highest BCUT2D eigenvalue weighted by Crippen LogP contribution is 2.44. The second-order valence-corrected chi connectivity index (χ2v) is 7.00. The summed E-state index contributed by atoms with van der Waals surface area (Å²) in [4.78, 5) is 25.8. The summed E-state index contributed by atoms with van der Waals surface area (Å²) < 4.78 is 58.9. The van der Waals surface area contributed by atoms with Gasteiger partial charge in [0.25, 0.3) is 0 Å². The van der Waals surface area contributed by atoms with E-state index in [0.29, 0.717) is 5.56 Å². The van der Waals surface area contributed by atoms with Gasteiger partial charge in [0.2, 0.25) is 5.91 Å². The molecule has 0 fully saturated rings. The Labute approximate surface area is 158 Å². The van der Waals surface area contributed by atoms with Crippen molar-refractivity contribution in [3.8, 4) is 0 Å². The first kappa shape index (κ1) is 19.9. The first-order valence-electron chi connectivity index (χ1n) is 8.38. The minimum absolute atomic E-state index is 0.140. The highest BCUT2D eigenvalue weighted by Gasteiger charge is 2.45. The number of rotatable bonds is 3. The second kappa shape index (κ2) is 6.61. The Bertz CT molecular complexity index is 966. The van der Waals surface area contributed by atoms with Crippen molar-refractivity contribution in [3.63, 3.8) is 0 Å². The molecular formula is C20H17F4NO3. The van der Waals surface area contributed by atoms with Gasteiger partial charge in [-0.05, 0) is 43.7 Å². The first-order valence-corrected chi connectivity index (χ1v) is 8.38. The molecule has 0 aromatic heterocycles. The van der Waals surface area contributed by atoms with Gasteiger partial charge in [0.05, 0.1) is 30.2 Å². The quantitative estimate of drug-likeness (QED) is 0.570. The number of esters is 1. The van der Waals surface area contributed by atoms with Gasteiger partial charge >= 0.3 is 12.1 Å². The molecule has 1 aliphatic heterocycles. The molecule has 0 saturated heterocycles. The van der Waals surface area contributed by atoms with Gasteiger partial charge in [0.1, 0.15) is 5.82 Å². The van der Waals surface area contributed by atoms with Gasteiger partial charge in [0, 0.05) is 11.3 Å². The van der Waals surface area contributed by atoms with E-state index in [1.165, 1.54) is 19.2 Å². The maximum Gasteiger partial charge on any atom is 0.416 e. The van der Waals surface area contributed by atoms with E-state index in [9.17, 15) is 27.2 Å². The third-order valence-electron chi connectivity index (χ3n) is 4.90. The Balaban J connectivity index is 2.13.